The van der Waals surface area contributed by atoms with Gasteiger partial charge in [0.25, 0.3) is 17.7 Å². The summed E-state index contributed by atoms with van der Waals surface area (Å²) in [6.45, 7) is 14.9. The summed E-state index contributed by atoms with van der Waals surface area (Å²) in [5, 5.41) is 8.93. The number of aromatic amines is 1. The zero-order chi connectivity index (χ0) is 56.2. The second kappa shape index (κ2) is 27.4. The monoisotopic (exact) mass is 1070 g/mol. The molecule has 3 saturated heterocycles. The number of H-pyrrole nitrogens is 1. The first kappa shape index (κ1) is 60.0. The van der Waals surface area contributed by atoms with Crippen molar-refractivity contribution in [1.29, 1.82) is 0 Å². The molecule has 2 aromatic carbocycles. The molecule has 422 valence electrons. The first-order chi connectivity index (χ1) is 36.7. The summed E-state index contributed by atoms with van der Waals surface area (Å²) >= 11 is 0. The molecule has 3 fully saturated rings. The Morgan fingerprint density at radius 3 is 2.13 bits per heavy atom. The van der Waals surface area contributed by atoms with Gasteiger partial charge in [-0.3, -0.25) is 43.3 Å². The number of carbonyl (C=O) groups excluding carboxylic acids is 8. The van der Waals surface area contributed by atoms with Gasteiger partial charge in [0.05, 0.1) is 54.8 Å². The Hall–Kier alpha value is -6.22. The highest BCUT2D eigenvalue weighted by atomic mass is 16.7. The lowest BCUT2D eigenvalue weighted by Gasteiger charge is -2.41. The van der Waals surface area contributed by atoms with E-state index >= 15 is 0 Å². The van der Waals surface area contributed by atoms with E-state index in [1.807, 2.05) is 84.0 Å². The van der Waals surface area contributed by atoms with Crippen LogP contribution in [-0.2, 0) is 65.7 Å². The molecule has 1 aromatic heterocycles. The summed E-state index contributed by atoms with van der Waals surface area (Å²) in [6.07, 6.45) is 4.11. The van der Waals surface area contributed by atoms with E-state index in [0.717, 1.165) is 34.9 Å². The molecule has 0 spiro atoms. The molecule has 4 heterocycles. The summed E-state index contributed by atoms with van der Waals surface area (Å²) in [4.78, 5) is 128. The Kier molecular flexibility index (Phi) is 21.3. The predicted molar refractivity (Wildman–Crippen MR) is 287 cm³/mol. The number of likely N-dealkylation sites (N-methyl/N-ethyl adjacent to an activating group) is 2. The number of likely N-dealkylation sites (tertiary alicyclic amines) is 1. The molecule has 0 saturated carbocycles. The van der Waals surface area contributed by atoms with Gasteiger partial charge >= 0.3 is 5.97 Å². The molecule has 7 amide bonds. The van der Waals surface area contributed by atoms with Crippen LogP contribution < -0.4 is 10.6 Å². The number of methoxy groups -OCH3 is 2. The summed E-state index contributed by atoms with van der Waals surface area (Å²) in [5.74, 6) is -4.97. The summed E-state index contributed by atoms with van der Waals surface area (Å²) in [6, 6.07) is 10.7. The molecule has 3 aromatic rings. The van der Waals surface area contributed by atoms with E-state index in [1.165, 1.54) is 31.4 Å². The largest absolute Gasteiger partial charge is 0.379 e. The molecule has 3 N–H and O–H groups in total. The molecular weight excluding hydrogens is 989 g/mol. The van der Waals surface area contributed by atoms with Crippen LogP contribution in [0.5, 0.6) is 0 Å². The number of hydroxylamine groups is 4. The zero-order valence-corrected chi connectivity index (χ0v) is 46.9. The quantitative estimate of drug-likeness (QED) is 0.0930. The van der Waals surface area contributed by atoms with Crippen molar-refractivity contribution in [3.63, 3.8) is 0 Å². The third-order valence-corrected chi connectivity index (χ3v) is 15.6. The molecule has 20 nitrogen and oxygen atoms in total. The first-order valence-electron chi connectivity index (χ1n) is 27.3. The lowest BCUT2D eigenvalue weighted by molar-refractivity contribution is -0.199. The molecular formula is C57H82N8O12. The number of benzene rings is 2. The van der Waals surface area contributed by atoms with Gasteiger partial charge in [0.15, 0.2) is 0 Å². The van der Waals surface area contributed by atoms with Crippen LogP contribution in [0.4, 0.5) is 0 Å². The number of ether oxygens (including phenoxy) is 2. The molecule has 0 unspecified atom stereocenters. The van der Waals surface area contributed by atoms with E-state index in [2.05, 4.69) is 15.6 Å². The van der Waals surface area contributed by atoms with Gasteiger partial charge in [0.2, 0.25) is 23.6 Å². The van der Waals surface area contributed by atoms with Crippen molar-refractivity contribution in [3.05, 3.63) is 71.4 Å². The van der Waals surface area contributed by atoms with Crippen LogP contribution in [0.3, 0.4) is 0 Å². The first-order valence-corrected chi connectivity index (χ1v) is 27.3. The molecule has 0 bridgehead atoms. The highest BCUT2D eigenvalue weighted by molar-refractivity contribution is 6.02. The Labute approximate surface area is 453 Å². The second-order valence-corrected chi connectivity index (χ2v) is 21.7. The predicted octanol–water partition coefficient (Wildman–Crippen LogP) is 5.19. The van der Waals surface area contributed by atoms with Crippen molar-refractivity contribution in [2.45, 2.75) is 155 Å². The molecule has 0 radical (unpaired) electrons. The summed E-state index contributed by atoms with van der Waals surface area (Å²) < 4.78 is 12.2. The number of para-hydroxylation sites is 1. The average Bonchev–Trinajstić information content (AvgIpc) is 4.16. The van der Waals surface area contributed by atoms with Gasteiger partial charge in [0.1, 0.15) is 12.1 Å². The minimum Gasteiger partial charge on any atom is -0.379 e. The number of hydrogen-bond donors (Lipinski definition) is 3. The molecule has 3 aliphatic rings. The number of hydrogen-bond acceptors (Lipinski definition) is 13. The SMILES string of the molecule is CC[C@H](C)[C@@H]([C@@H](CC(=O)N1CCC[C@H]1[C@H](OC)[C@@H](C)C(=O)N[C@@H](Cc1c[nH]c2ccccc12)C(=O)N1CCCCO1)OC)N(C)C(=O)[C@@H](NC(=O)[C@H](C(C)C)N(C)Cc1ccc(C(=O)ON2C(=O)CCC2=O)cc1)C(C)C. The molecule has 3 aliphatic heterocycles. The maximum Gasteiger partial charge on any atom is 0.363 e. The van der Waals surface area contributed by atoms with Crippen LogP contribution in [0.25, 0.3) is 10.9 Å². The van der Waals surface area contributed by atoms with E-state index < -0.39 is 66.1 Å². The van der Waals surface area contributed by atoms with Crippen LogP contribution in [0.15, 0.2) is 54.7 Å². The van der Waals surface area contributed by atoms with E-state index in [0.29, 0.717) is 50.6 Å². The molecule has 0 aliphatic carbocycles. The highest BCUT2D eigenvalue weighted by Crippen LogP contribution is 2.31. The fourth-order valence-corrected chi connectivity index (χ4v) is 11.2. The zero-order valence-electron chi connectivity index (χ0n) is 46.9. The topological polar surface area (TPSA) is 230 Å². The molecule has 20 heteroatoms. The number of rotatable bonds is 25. The van der Waals surface area contributed by atoms with Crippen molar-refractivity contribution in [2.24, 2.45) is 23.7 Å². The van der Waals surface area contributed by atoms with Gasteiger partial charge in [-0.05, 0) is 79.8 Å². The van der Waals surface area contributed by atoms with E-state index in [4.69, 9.17) is 19.1 Å². The van der Waals surface area contributed by atoms with Crippen LogP contribution in [0, 0.1) is 23.7 Å². The van der Waals surface area contributed by atoms with Gasteiger partial charge in [-0.25, -0.2) is 9.86 Å². The average molecular weight is 1070 g/mol. The van der Waals surface area contributed by atoms with Crippen molar-refractivity contribution in [2.75, 3.05) is 48.0 Å². The Morgan fingerprint density at radius 1 is 0.831 bits per heavy atom. The normalized spacial score (nSPS) is 19.2. The lowest BCUT2D eigenvalue weighted by atomic mass is 9.89. The summed E-state index contributed by atoms with van der Waals surface area (Å²) in [5.41, 5.74) is 2.72. The van der Waals surface area contributed by atoms with Gasteiger partial charge in [-0.2, -0.15) is 0 Å². The number of aromatic nitrogens is 1. The Morgan fingerprint density at radius 2 is 1.52 bits per heavy atom. The third-order valence-electron chi connectivity index (χ3n) is 15.6. The second-order valence-electron chi connectivity index (χ2n) is 21.7. The number of fused-ring (bicyclic) bond motifs is 1. The van der Waals surface area contributed by atoms with Crippen molar-refractivity contribution in [1.82, 2.24) is 40.4 Å². The lowest BCUT2D eigenvalue weighted by Crippen LogP contribution is -2.60. The Balaban J connectivity index is 1.11. The van der Waals surface area contributed by atoms with Crippen molar-refractivity contribution >= 4 is 58.2 Å². The third kappa shape index (κ3) is 14.5. The van der Waals surface area contributed by atoms with Gasteiger partial charge in [0, 0.05) is 77.3 Å². The minimum atomic E-state index is -0.927. The van der Waals surface area contributed by atoms with E-state index in [9.17, 15) is 38.4 Å². The van der Waals surface area contributed by atoms with Crippen molar-refractivity contribution < 1.29 is 57.5 Å². The number of nitrogens with zero attached hydrogens (tertiary/aromatic N) is 5. The number of amides is 7. The maximum atomic E-state index is 14.8. The highest BCUT2D eigenvalue weighted by Gasteiger charge is 2.44. The fourth-order valence-electron chi connectivity index (χ4n) is 11.2. The van der Waals surface area contributed by atoms with Crippen LogP contribution in [0.2, 0.25) is 0 Å². The van der Waals surface area contributed by atoms with E-state index in [-0.39, 0.29) is 78.5 Å². The van der Waals surface area contributed by atoms with E-state index in [1.54, 1.807) is 35.9 Å². The van der Waals surface area contributed by atoms with Gasteiger partial charge < -0.3 is 39.7 Å². The van der Waals surface area contributed by atoms with Gasteiger partial charge in [-0.15, -0.1) is 5.06 Å². The minimum absolute atomic E-state index is 0.0129. The van der Waals surface area contributed by atoms with Crippen LogP contribution in [-0.4, -0.2) is 168 Å². The van der Waals surface area contributed by atoms with Crippen molar-refractivity contribution in [3.8, 4) is 0 Å². The summed E-state index contributed by atoms with van der Waals surface area (Å²) in [7, 11) is 6.56. The molecule has 77 heavy (non-hydrogen) atoms. The molecule has 6 rings (SSSR count). The number of imide groups is 1. The van der Waals surface area contributed by atoms with Crippen LogP contribution in [0.1, 0.15) is 121 Å². The van der Waals surface area contributed by atoms with Gasteiger partial charge in [-0.1, -0.05) is 85.2 Å². The smallest absolute Gasteiger partial charge is 0.363 e. The molecule has 9 atom stereocenters. The Bertz CT molecular complexity index is 2530. The number of carbonyl (C=O) groups is 8. The standard InChI is InChI=1S/C57H82N8O12/c1-12-36(6)51(62(9)56(72)49(34(2)3)60-54(70)50(35(4)5)61(8)33-38-21-23-39(24-22-38)57(73)77-65-46(66)25-26-47(65)67)45(74-10)31-48(68)63-27-17-20-44(63)52(75-11)37(7)53(69)59-43(55(71)64-28-15-16-29-76-64)30-40-32-58-42-19-14-13-18-41(40)42/h13-14,18-19,21-24,32,34-37,43-45,49-52,58H,12,15-17,20,25-31,33H2,1-11H3,(H,59,69)(H,60,70)/t36-,37+,43-,44-,45+,49-,50-,51-,52+/m0/s1. The maximum absolute atomic E-state index is 14.8. The fraction of sp³-hybridized carbons (Fsp3) is 0.614. The number of nitrogens with one attached hydrogen (secondary N) is 3. The van der Waals surface area contributed by atoms with Crippen LogP contribution >= 0.6 is 0 Å².